The summed E-state index contributed by atoms with van der Waals surface area (Å²) in [6.45, 7) is 2.55. The molecule has 31 heavy (non-hydrogen) atoms. The topological polar surface area (TPSA) is 67.8 Å². The van der Waals surface area contributed by atoms with Crippen molar-refractivity contribution in [1.29, 1.82) is 0 Å². The summed E-state index contributed by atoms with van der Waals surface area (Å²) >= 11 is 0. The van der Waals surface area contributed by atoms with E-state index in [0.717, 1.165) is 62.0 Å². The third-order valence-electron chi connectivity index (χ3n) is 8.56. The molecule has 1 aliphatic heterocycles. The molecule has 0 radical (unpaired) electrons. The number of hydrogen-bond donors (Lipinski definition) is 2. The van der Waals surface area contributed by atoms with Gasteiger partial charge in [-0.1, -0.05) is 12.1 Å². The Morgan fingerprint density at radius 3 is 2.26 bits per heavy atom. The second-order valence-corrected chi connectivity index (χ2v) is 10.9. The van der Waals surface area contributed by atoms with E-state index in [1.807, 2.05) is 12.1 Å². The third-order valence-corrected chi connectivity index (χ3v) is 8.56. The maximum atomic E-state index is 13.8. The molecule has 1 heterocycles. The number of carbonyl (C=O) groups excluding carboxylic acids is 2. The van der Waals surface area contributed by atoms with Gasteiger partial charge in [-0.15, -0.1) is 0 Å². The molecule has 3 N–H and O–H groups in total. The smallest absolute Gasteiger partial charge is 0.278 e. The van der Waals surface area contributed by atoms with Crippen LogP contribution in [0.3, 0.4) is 0 Å². The maximum absolute atomic E-state index is 13.8. The minimum atomic E-state index is -0.244. The molecule has 5 fully saturated rings. The van der Waals surface area contributed by atoms with Crippen molar-refractivity contribution in [2.45, 2.75) is 63.5 Å². The van der Waals surface area contributed by atoms with Gasteiger partial charge in [-0.25, -0.2) is 4.39 Å². The van der Waals surface area contributed by atoms with Gasteiger partial charge in [0.25, 0.3) is 5.91 Å². The summed E-state index contributed by atoms with van der Waals surface area (Å²) in [7, 11) is 0. The van der Waals surface area contributed by atoms with Crippen molar-refractivity contribution in [3.05, 3.63) is 35.6 Å². The van der Waals surface area contributed by atoms with Crippen LogP contribution in [0.4, 0.5) is 4.39 Å². The standard InChI is InChI=1S/C25H34FN3O2/c26-22-5-3-17(4-6-22)14-29(23(30)16-28-7-1-2-21(15-28)24(27)31)25-11-18-8-19(12-25)10-20(9-18)13-25/h3-6,18-21H,1-2,7-16H2,(H2,27,31)/p+1/t18?,19?,20?,21-,25?/m1/s1. The Morgan fingerprint density at radius 2 is 1.68 bits per heavy atom. The van der Waals surface area contributed by atoms with Gasteiger partial charge in [0.2, 0.25) is 5.91 Å². The van der Waals surface area contributed by atoms with Crippen LogP contribution >= 0.6 is 0 Å². The normalized spacial score (nSPS) is 36.4. The minimum Gasteiger partial charge on any atom is -0.369 e. The van der Waals surface area contributed by atoms with Crippen LogP contribution < -0.4 is 10.6 Å². The van der Waals surface area contributed by atoms with E-state index in [0.29, 0.717) is 19.6 Å². The lowest BCUT2D eigenvalue weighted by atomic mass is 9.52. The predicted octanol–water partition coefficient (Wildman–Crippen LogP) is 1.90. The summed E-state index contributed by atoms with van der Waals surface area (Å²) in [5.74, 6) is 1.82. The fourth-order valence-electron chi connectivity index (χ4n) is 7.55. The quantitative estimate of drug-likeness (QED) is 0.727. The zero-order valence-electron chi connectivity index (χ0n) is 18.3. The molecular formula is C25H35FN3O2+. The number of nitrogens with zero attached hydrogens (tertiary/aromatic N) is 1. The van der Waals surface area contributed by atoms with Crippen molar-refractivity contribution >= 4 is 11.8 Å². The molecule has 5 nitrogen and oxygen atoms in total. The van der Waals surface area contributed by atoms with Gasteiger partial charge < -0.3 is 15.5 Å². The molecule has 0 aromatic heterocycles. The molecule has 1 unspecified atom stereocenters. The molecule has 168 valence electrons. The average molecular weight is 429 g/mol. The van der Waals surface area contributed by atoms with Crippen LogP contribution in [-0.4, -0.2) is 41.9 Å². The lowest BCUT2D eigenvalue weighted by molar-refractivity contribution is -0.899. The van der Waals surface area contributed by atoms with E-state index >= 15 is 0 Å². The van der Waals surface area contributed by atoms with Crippen LogP contribution in [0, 0.1) is 29.5 Å². The Kier molecular flexibility index (Phi) is 5.53. The number of rotatable bonds is 6. The number of piperidine rings is 1. The molecule has 6 rings (SSSR count). The van der Waals surface area contributed by atoms with Crippen LogP contribution in [0.15, 0.2) is 24.3 Å². The SMILES string of the molecule is NC(=O)[C@@H]1CCC[NH+](CC(=O)N(Cc2ccc(F)cc2)C23CC4CC(CC(C4)C2)C3)C1. The number of halogens is 1. The molecule has 2 amide bonds. The number of carbonyl (C=O) groups is 2. The highest BCUT2D eigenvalue weighted by Crippen LogP contribution is 2.58. The maximum Gasteiger partial charge on any atom is 0.278 e. The molecule has 1 aromatic carbocycles. The van der Waals surface area contributed by atoms with Gasteiger partial charge in [-0.2, -0.15) is 0 Å². The number of quaternary nitrogens is 1. The van der Waals surface area contributed by atoms with Crippen molar-refractivity contribution in [2.75, 3.05) is 19.6 Å². The predicted molar refractivity (Wildman–Crippen MR) is 115 cm³/mol. The zero-order valence-corrected chi connectivity index (χ0v) is 18.3. The first kappa shape index (κ1) is 20.9. The monoisotopic (exact) mass is 428 g/mol. The van der Waals surface area contributed by atoms with E-state index < -0.39 is 0 Å². The van der Waals surface area contributed by atoms with E-state index in [9.17, 15) is 14.0 Å². The van der Waals surface area contributed by atoms with Crippen LogP contribution in [0.5, 0.6) is 0 Å². The van der Waals surface area contributed by atoms with E-state index in [4.69, 9.17) is 5.73 Å². The van der Waals surface area contributed by atoms with Crippen LogP contribution in [-0.2, 0) is 16.1 Å². The van der Waals surface area contributed by atoms with E-state index in [2.05, 4.69) is 4.90 Å². The van der Waals surface area contributed by atoms with Crippen molar-refractivity contribution in [3.8, 4) is 0 Å². The number of benzene rings is 1. The number of nitrogens with one attached hydrogen (secondary N) is 1. The molecule has 6 heteroatoms. The summed E-state index contributed by atoms with van der Waals surface area (Å²) in [6.07, 6.45) is 9.11. The van der Waals surface area contributed by atoms with E-state index in [-0.39, 0.29) is 29.1 Å². The highest BCUT2D eigenvalue weighted by atomic mass is 19.1. The molecule has 1 saturated heterocycles. The van der Waals surface area contributed by atoms with Gasteiger partial charge in [0.15, 0.2) is 6.54 Å². The van der Waals surface area contributed by atoms with Crippen LogP contribution in [0.2, 0.25) is 0 Å². The number of nitrogens with two attached hydrogens (primary N) is 1. The van der Waals surface area contributed by atoms with Crippen molar-refractivity contribution < 1.29 is 18.9 Å². The lowest BCUT2D eigenvalue weighted by Crippen LogP contribution is -3.15. The molecule has 1 aromatic rings. The number of primary amides is 1. The fourth-order valence-corrected chi connectivity index (χ4v) is 7.55. The van der Waals surface area contributed by atoms with Crippen LogP contribution in [0.1, 0.15) is 56.9 Å². The van der Waals surface area contributed by atoms with Gasteiger partial charge in [0, 0.05) is 12.1 Å². The Balaban J connectivity index is 1.38. The van der Waals surface area contributed by atoms with Gasteiger partial charge in [-0.05, 0) is 86.8 Å². The van der Waals surface area contributed by atoms with E-state index in [1.54, 1.807) is 0 Å². The molecule has 0 spiro atoms. The van der Waals surface area contributed by atoms with Gasteiger partial charge in [-0.3, -0.25) is 9.59 Å². The highest BCUT2D eigenvalue weighted by Gasteiger charge is 2.55. The number of amides is 2. The lowest BCUT2D eigenvalue weighted by Gasteiger charge is -2.60. The third kappa shape index (κ3) is 4.23. The first-order valence-corrected chi connectivity index (χ1v) is 12.1. The molecular weight excluding hydrogens is 393 g/mol. The molecule has 4 bridgehead atoms. The van der Waals surface area contributed by atoms with Gasteiger partial charge in [0.1, 0.15) is 5.82 Å². The molecule has 5 aliphatic rings. The van der Waals surface area contributed by atoms with Gasteiger partial charge in [0.05, 0.1) is 19.0 Å². The average Bonchev–Trinajstić information content (AvgIpc) is 2.72. The summed E-state index contributed by atoms with van der Waals surface area (Å²) in [5.41, 5.74) is 6.51. The van der Waals surface area contributed by atoms with Gasteiger partial charge >= 0.3 is 0 Å². The fraction of sp³-hybridized carbons (Fsp3) is 0.680. The highest BCUT2D eigenvalue weighted by molar-refractivity contribution is 5.78. The molecule has 4 saturated carbocycles. The largest absolute Gasteiger partial charge is 0.369 e. The molecule has 2 atom stereocenters. The number of hydrogen-bond acceptors (Lipinski definition) is 2. The summed E-state index contributed by atoms with van der Waals surface area (Å²) in [6, 6.07) is 6.61. The Hall–Kier alpha value is -1.95. The van der Waals surface area contributed by atoms with Crippen molar-refractivity contribution in [1.82, 2.24) is 4.90 Å². The minimum absolute atomic E-state index is 0.0431. The molecule has 4 aliphatic carbocycles. The second kappa shape index (κ2) is 8.19. The Bertz CT molecular complexity index is 804. The van der Waals surface area contributed by atoms with E-state index in [1.165, 1.54) is 36.3 Å². The summed E-state index contributed by atoms with van der Waals surface area (Å²) < 4.78 is 13.5. The zero-order chi connectivity index (χ0) is 21.6. The van der Waals surface area contributed by atoms with Crippen LogP contribution in [0.25, 0.3) is 0 Å². The second-order valence-electron chi connectivity index (χ2n) is 10.9. The van der Waals surface area contributed by atoms with Crippen molar-refractivity contribution in [3.63, 3.8) is 0 Å². The summed E-state index contributed by atoms with van der Waals surface area (Å²) in [4.78, 5) is 28.8. The first-order valence-electron chi connectivity index (χ1n) is 12.1. The summed E-state index contributed by atoms with van der Waals surface area (Å²) in [5, 5.41) is 0. The van der Waals surface area contributed by atoms with Crippen molar-refractivity contribution in [2.24, 2.45) is 29.4 Å². The Morgan fingerprint density at radius 1 is 1.06 bits per heavy atom. The number of likely N-dealkylation sites (tertiary alicyclic amines) is 1. The first-order chi connectivity index (χ1) is 14.9. The Labute approximate surface area is 184 Å².